The van der Waals surface area contributed by atoms with E-state index >= 15 is 0 Å². The molecule has 0 radical (unpaired) electrons. The van der Waals surface area contributed by atoms with E-state index in [1.54, 1.807) is 18.2 Å². The fourth-order valence-corrected chi connectivity index (χ4v) is 5.99. The first-order valence-corrected chi connectivity index (χ1v) is 14.1. The van der Waals surface area contributed by atoms with E-state index in [2.05, 4.69) is 33.0 Å². The maximum Gasteiger partial charge on any atom is 0.338 e. The lowest BCUT2D eigenvalue weighted by atomic mass is 9.89. The van der Waals surface area contributed by atoms with Crippen molar-refractivity contribution in [2.24, 2.45) is 0 Å². The Kier molecular flexibility index (Phi) is 7.70. The van der Waals surface area contributed by atoms with Crippen LogP contribution >= 0.6 is 0 Å². The van der Waals surface area contributed by atoms with E-state index in [-0.39, 0.29) is 24.9 Å². The minimum absolute atomic E-state index is 0.0478. The largest absolute Gasteiger partial charge is 0.456 e. The number of likely N-dealkylation sites (tertiary alicyclic amines) is 1. The van der Waals surface area contributed by atoms with Crippen LogP contribution in [0.3, 0.4) is 0 Å². The van der Waals surface area contributed by atoms with Crippen LogP contribution in [-0.2, 0) is 14.3 Å². The molecule has 1 atom stereocenters. The number of carbonyl (C=O) groups excluding carboxylic acids is 4. The molecule has 2 aromatic rings. The summed E-state index contributed by atoms with van der Waals surface area (Å²) in [7, 11) is 0. The first-order valence-electron chi connectivity index (χ1n) is 14.1. The number of imide groups is 1. The summed E-state index contributed by atoms with van der Waals surface area (Å²) in [5, 5.41) is 8.35. The summed E-state index contributed by atoms with van der Waals surface area (Å²) >= 11 is 0. The topological polar surface area (TPSA) is 139 Å². The van der Waals surface area contributed by atoms with Crippen LogP contribution in [0.5, 0.6) is 11.5 Å². The van der Waals surface area contributed by atoms with E-state index < -0.39 is 24.1 Å². The first-order chi connectivity index (χ1) is 20.4. The van der Waals surface area contributed by atoms with Crippen LogP contribution in [-0.4, -0.2) is 73.3 Å². The Morgan fingerprint density at radius 2 is 1.81 bits per heavy atom. The third-order valence-corrected chi connectivity index (χ3v) is 8.03. The molecule has 6 rings (SSSR count). The van der Waals surface area contributed by atoms with Gasteiger partial charge in [-0.25, -0.2) is 19.3 Å². The highest BCUT2D eigenvalue weighted by molar-refractivity contribution is 6.03. The molecule has 4 aliphatic rings. The van der Waals surface area contributed by atoms with Crippen molar-refractivity contribution in [2.75, 3.05) is 44.9 Å². The van der Waals surface area contributed by atoms with Gasteiger partial charge in [-0.2, -0.15) is 0 Å². The second-order valence-corrected chi connectivity index (χ2v) is 10.8. The summed E-state index contributed by atoms with van der Waals surface area (Å²) in [6, 6.07) is 10.9. The lowest BCUT2D eigenvalue weighted by Gasteiger charge is -2.34. The molecule has 220 valence electrons. The summed E-state index contributed by atoms with van der Waals surface area (Å²) < 4.78 is 16.1. The minimum atomic E-state index is -0.957. The van der Waals surface area contributed by atoms with Crippen LogP contribution in [0.1, 0.15) is 49.3 Å². The fraction of sp³-hybridized carbons (Fsp3) is 0.400. The van der Waals surface area contributed by atoms with Crippen molar-refractivity contribution in [3.8, 4) is 11.5 Å². The molecule has 2 aromatic carbocycles. The number of piperidine rings is 1. The number of anilines is 1. The van der Waals surface area contributed by atoms with Gasteiger partial charge >= 0.3 is 18.0 Å². The predicted molar refractivity (Wildman–Crippen MR) is 151 cm³/mol. The zero-order valence-electron chi connectivity index (χ0n) is 23.3. The number of nitrogens with zero attached hydrogens (tertiary/aromatic N) is 2. The number of nitrogens with one attached hydrogen (secondary N) is 3. The molecule has 1 fully saturated rings. The van der Waals surface area contributed by atoms with Crippen molar-refractivity contribution < 1.29 is 33.4 Å². The molecule has 0 bridgehead atoms. The average Bonchev–Trinajstić information content (AvgIpc) is 3.60. The molecule has 4 aliphatic heterocycles. The Hall–Kier alpha value is -4.58. The molecule has 0 aromatic heterocycles. The molecule has 42 heavy (non-hydrogen) atoms. The van der Waals surface area contributed by atoms with E-state index in [1.807, 2.05) is 12.1 Å². The van der Waals surface area contributed by atoms with E-state index in [0.717, 1.165) is 43.1 Å². The van der Waals surface area contributed by atoms with Gasteiger partial charge in [0.15, 0.2) is 11.5 Å². The molecule has 4 heterocycles. The molecule has 0 saturated carbocycles. The number of fused-ring (bicyclic) bond motifs is 1. The van der Waals surface area contributed by atoms with Crippen LogP contribution < -0.4 is 25.4 Å². The maximum absolute atomic E-state index is 13.4. The molecule has 12 heteroatoms. The van der Waals surface area contributed by atoms with Crippen LogP contribution in [0.25, 0.3) is 0 Å². The smallest absolute Gasteiger partial charge is 0.338 e. The van der Waals surface area contributed by atoms with Gasteiger partial charge in [0.2, 0.25) is 12.7 Å². The molecule has 0 spiro atoms. The zero-order chi connectivity index (χ0) is 29.2. The number of rotatable bonds is 7. The lowest BCUT2D eigenvalue weighted by Crippen LogP contribution is -2.54. The third-order valence-electron chi connectivity index (χ3n) is 8.03. The molecule has 3 N–H and O–H groups in total. The molecule has 0 aliphatic carbocycles. The molecule has 1 saturated heterocycles. The van der Waals surface area contributed by atoms with Crippen molar-refractivity contribution in [1.29, 1.82) is 0 Å². The first kappa shape index (κ1) is 27.6. The quantitative estimate of drug-likeness (QED) is 0.338. The number of carbonyl (C=O) groups is 4. The van der Waals surface area contributed by atoms with Crippen molar-refractivity contribution >= 4 is 29.6 Å². The number of hydrogen-bond acceptors (Lipinski definition) is 8. The molecular weight excluding hydrogens is 542 g/mol. The zero-order valence-corrected chi connectivity index (χ0v) is 23.3. The van der Waals surface area contributed by atoms with Crippen molar-refractivity contribution in [3.63, 3.8) is 0 Å². The van der Waals surface area contributed by atoms with Gasteiger partial charge in [0.05, 0.1) is 11.3 Å². The predicted octanol–water partition coefficient (Wildman–Crippen LogP) is 3.23. The fourth-order valence-electron chi connectivity index (χ4n) is 5.99. The highest BCUT2D eigenvalue weighted by Crippen LogP contribution is 2.41. The number of urea groups is 2. The number of amides is 5. The van der Waals surface area contributed by atoms with Gasteiger partial charge in [0.1, 0.15) is 12.6 Å². The van der Waals surface area contributed by atoms with Gasteiger partial charge in [-0.15, -0.1) is 0 Å². The summed E-state index contributed by atoms with van der Waals surface area (Å²) in [5.41, 5.74) is 3.19. The van der Waals surface area contributed by atoms with E-state index in [9.17, 15) is 19.2 Å². The van der Waals surface area contributed by atoms with Gasteiger partial charge in [0, 0.05) is 19.2 Å². The number of hydrogen-bond donors (Lipinski definition) is 3. The van der Waals surface area contributed by atoms with Gasteiger partial charge in [-0.1, -0.05) is 18.2 Å². The van der Waals surface area contributed by atoms with Gasteiger partial charge < -0.3 is 35.1 Å². The highest BCUT2D eigenvalue weighted by atomic mass is 16.7. The van der Waals surface area contributed by atoms with Crippen molar-refractivity contribution in [2.45, 2.75) is 38.1 Å². The lowest BCUT2D eigenvalue weighted by molar-refractivity contribution is -0.136. The summed E-state index contributed by atoms with van der Waals surface area (Å²) in [6.07, 6.45) is 2.72. The number of cyclic esters (lactones) is 1. The SMILES string of the molecule is CC(=O)Nc1cccc(C2CCN(CCCNC(=O)N3C(=O)NC4=C(C(=O)OC4)C3c3ccc4c(c3)OCO4)CC2)c1. The van der Waals surface area contributed by atoms with E-state index in [4.69, 9.17) is 14.2 Å². The number of benzene rings is 2. The van der Waals surface area contributed by atoms with Crippen LogP contribution in [0.4, 0.5) is 15.3 Å². The second-order valence-electron chi connectivity index (χ2n) is 10.8. The standard InChI is InChI=1S/C30H33N5O7/c1-18(36)32-22-5-2-4-20(14-22)19-8-12-34(13-9-19)11-3-10-31-29(38)35-27(21-6-7-24-25(15-21)42-17-41-24)26-23(33-30(35)39)16-40-28(26)37/h2,4-7,14-15,19,27H,3,8-13,16-17H2,1H3,(H,31,38)(H,32,36)(H,33,39). The Labute approximate surface area is 243 Å². The molecule has 5 amide bonds. The van der Waals surface area contributed by atoms with Crippen LogP contribution in [0.2, 0.25) is 0 Å². The summed E-state index contributed by atoms with van der Waals surface area (Å²) in [5.74, 6) is 0.816. The Morgan fingerprint density at radius 3 is 2.62 bits per heavy atom. The molecule has 12 nitrogen and oxygen atoms in total. The summed E-state index contributed by atoms with van der Waals surface area (Å²) in [6.45, 7) is 4.57. The number of esters is 1. The Balaban J connectivity index is 1.04. The van der Waals surface area contributed by atoms with Crippen molar-refractivity contribution in [1.82, 2.24) is 20.4 Å². The average molecular weight is 576 g/mol. The van der Waals surface area contributed by atoms with E-state index in [1.165, 1.54) is 12.5 Å². The highest BCUT2D eigenvalue weighted by Gasteiger charge is 2.46. The van der Waals surface area contributed by atoms with E-state index in [0.29, 0.717) is 41.6 Å². The summed E-state index contributed by atoms with van der Waals surface area (Å²) in [4.78, 5) is 53.9. The third kappa shape index (κ3) is 5.62. The minimum Gasteiger partial charge on any atom is -0.456 e. The second kappa shape index (κ2) is 11.7. The Morgan fingerprint density at radius 1 is 1.00 bits per heavy atom. The van der Waals surface area contributed by atoms with Crippen molar-refractivity contribution in [3.05, 3.63) is 64.9 Å². The molecule has 1 unspecified atom stereocenters. The van der Waals surface area contributed by atoms with Crippen LogP contribution in [0, 0.1) is 0 Å². The van der Waals surface area contributed by atoms with Gasteiger partial charge in [-0.3, -0.25) is 4.79 Å². The van der Waals surface area contributed by atoms with Gasteiger partial charge in [-0.05, 0) is 80.2 Å². The maximum atomic E-state index is 13.4. The normalized spacial score (nSPS) is 20.2. The van der Waals surface area contributed by atoms with Crippen LogP contribution in [0.15, 0.2) is 53.7 Å². The number of ether oxygens (including phenoxy) is 3. The van der Waals surface area contributed by atoms with Gasteiger partial charge in [0.25, 0.3) is 0 Å². The monoisotopic (exact) mass is 575 g/mol. The Bertz CT molecular complexity index is 1450. The molecular formula is C30H33N5O7.